The molecule has 0 N–H and O–H groups in total. The molecule has 0 unspecified atom stereocenters. The van der Waals surface area contributed by atoms with E-state index in [1.54, 1.807) is 0 Å². The van der Waals surface area contributed by atoms with E-state index in [0.29, 0.717) is 12.1 Å². The van der Waals surface area contributed by atoms with Gasteiger partial charge in [0.05, 0.1) is 26.0 Å². The molecule has 4 rings (SSSR count). The van der Waals surface area contributed by atoms with Crippen molar-refractivity contribution in [2.75, 3.05) is 32.8 Å². The number of aromatic nitrogens is 4. The van der Waals surface area contributed by atoms with Gasteiger partial charge in [0.15, 0.2) is 0 Å². The van der Waals surface area contributed by atoms with Crippen LogP contribution in [0.5, 0.6) is 0 Å². The van der Waals surface area contributed by atoms with Gasteiger partial charge in [-0.15, -0.1) is 0 Å². The van der Waals surface area contributed by atoms with Gasteiger partial charge in [-0.1, -0.05) is 0 Å². The fourth-order valence-corrected chi connectivity index (χ4v) is 4.25. The van der Waals surface area contributed by atoms with Crippen molar-refractivity contribution >= 4 is 0 Å². The van der Waals surface area contributed by atoms with Crippen LogP contribution >= 0.6 is 0 Å². The number of imidazole rings is 1. The molecule has 25 heavy (non-hydrogen) atoms. The molecule has 0 bridgehead atoms. The highest BCUT2D eigenvalue weighted by atomic mass is 16.5. The molecule has 2 aliphatic rings. The third-order valence-electron chi connectivity index (χ3n) is 5.61. The predicted octanol–water partition coefficient (Wildman–Crippen LogP) is 0.671. The van der Waals surface area contributed by atoms with E-state index in [9.17, 15) is 0 Å². The first-order chi connectivity index (χ1) is 12.2. The fourth-order valence-electron chi connectivity index (χ4n) is 4.25. The third kappa shape index (κ3) is 3.63. The van der Waals surface area contributed by atoms with Gasteiger partial charge in [0.25, 0.3) is 0 Å². The van der Waals surface area contributed by atoms with Crippen molar-refractivity contribution < 1.29 is 4.74 Å². The maximum Gasteiger partial charge on any atom is 0.122 e. The molecule has 2 saturated heterocycles. The van der Waals surface area contributed by atoms with Crippen molar-refractivity contribution in [3.05, 3.63) is 36.2 Å². The topological polar surface area (TPSA) is 51.4 Å². The van der Waals surface area contributed by atoms with E-state index in [0.717, 1.165) is 51.6 Å². The number of nitrogens with zero attached hydrogens (tertiary/aromatic N) is 6. The first kappa shape index (κ1) is 16.8. The second-order valence-corrected chi connectivity index (χ2v) is 7.22. The van der Waals surface area contributed by atoms with Gasteiger partial charge in [0.1, 0.15) is 5.82 Å². The van der Waals surface area contributed by atoms with Crippen molar-refractivity contribution in [2.24, 2.45) is 14.1 Å². The average Bonchev–Trinajstić information content (AvgIpc) is 3.32. The molecule has 0 amide bonds. The van der Waals surface area contributed by atoms with Gasteiger partial charge in [-0.3, -0.25) is 14.5 Å². The second kappa shape index (κ2) is 7.27. The van der Waals surface area contributed by atoms with E-state index in [1.165, 1.54) is 12.0 Å². The lowest BCUT2D eigenvalue weighted by Crippen LogP contribution is -2.50. The summed E-state index contributed by atoms with van der Waals surface area (Å²) in [5.74, 6) is 1.14. The van der Waals surface area contributed by atoms with Gasteiger partial charge in [0, 0.05) is 64.4 Å². The van der Waals surface area contributed by atoms with Crippen LogP contribution < -0.4 is 0 Å². The molecule has 7 nitrogen and oxygen atoms in total. The minimum absolute atomic E-state index is 0.499. The Bertz CT molecular complexity index is 689. The maximum atomic E-state index is 5.56. The van der Waals surface area contributed by atoms with E-state index in [1.807, 2.05) is 30.3 Å². The monoisotopic (exact) mass is 344 g/mol. The van der Waals surface area contributed by atoms with Crippen LogP contribution in [0.25, 0.3) is 0 Å². The van der Waals surface area contributed by atoms with Crippen LogP contribution in [0.3, 0.4) is 0 Å². The SMILES string of the molecule is Cn1cc(C[C@@H]2[C@@H](N3CCOCC3)CCN2Cc2nccn2C)cn1. The molecule has 0 saturated carbocycles. The Kier molecular flexibility index (Phi) is 4.87. The molecule has 0 aromatic carbocycles. The fraction of sp³-hybridized carbons (Fsp3) is 0.667. The Balaban J connectivity index is 1.53. The first-order valence-corrected chi connectivity index (χ1v) is 9.20. The summed E-state index contributed by atoms with van der Waals surface area (Å²) in [6.07, 6.45) is 10.3. The minimum Gasteiger partial charge on any atom is -0.379 e. The van der Waals surface area contributed by atoms with Crippen molar-refractivity contribution in [2.45, 2.75) is 31.5 Å². The highest BCUT2D eigenvalue weighted by Gasteiger charge is 2.38. The number of hydrogen-bond donors (Lipinski definition) is 0. The quantitative estimate of drug-likeness (QED) is 0.798. The first-order valence-electron chi connectivity index (χ1n) is 9.20. The Labute approximate surface area is 149 Å². The lowest BCUT2D eigenvalue weighted by Gasteiger charge is -2.37. The van der Waals surface area contributed by atoms with Gasteiger partial charge < -0.3 is 9.30 Å². The Morgan fingerprint density at radius 2 is 2.04 bits per heavy atom. The van der Waals surface area contributed by atoms with Gasteiger partial charge in [-0.05, 0) is 18.4 Å². The number of morpholine rings is 1. The van der Waals surface area contributed by atoms with Gasteiger partial charge >= 0.3 is 0 Å². The highest BCUT2D eigenvalue weighted by Crippen LogP contribution is 2.28. The Morgan fingerprint density at radius 1 is 1.20 bits per heavy atom. The molecule has 4 heterocycles. The zero-order chi connectivity index (χ0) is 17.2. The highest BCUT2D eigenvalue weighted by molar-refractivity contribution is 5.10. The summed E-state index contributed by atoms with van der Waals surface area (Å²) in [4.78, 5) is 9.77. The van der Waals surface area contributed by atoms with E-state index in [-0.39, 0.29) is 0 Å². The zero-order valence-electron chi connectivity index (χ0n) is 15.2. The zero-order valence-corrected chi connectivity index (χ0v) is 15.2. The van der Waals surface area contributed by atoms with Crippen LogP contribution in [-0.2, 0) is 31.8 Å². The lowest BCUT2D eigenvalue weighted by molar-refractivity contribution is 0.00772. The second-order valence-electron chi connectivity index (χ2n) is 7.22. The van der Waals surface area contributed by atoms with Crippen molar-refractivity contribution in [1.82, 2.24) is 29.1 Å². The van der Waals surface area contributed by atoms with Crippen LogP contribution in [0.15, 0.2) is 24.8 Å². The molecule has 0 aliphatic carbocycles. The molecule has 136 valence electrons. The predicted molar refractivity (Wildman–Crippen MR) is 95.1 cm³/mol. The molecule has 7 heteroatoms. The van der Waals surface area contributed by atoms with Crippen LogP contribution in [0.1, 0.15) is 17.8 Å². The summed E-state index contributed by atoms with van der Waals surface area (Å²) in [6, 6.07) is 1.09. The number of likely N-dealkylation sites (tertiary alicyclic amines) is 1. The van der Waals surface area contributed by atoms with E-state index < -0.39 is 0 Å². The molecular formula is C18H28N6O. The third-order valence-corrected chi connectivity index (χ3v) is 5.61. The summed E-state index contributed by atoms with van der Waals surface area (Å²) in [6.45, 7) is 5.84. The minimum atomic E-state index is 0.499. The van der Waals surface area contributed by atoms with Gasteiger partial charge in [-0.2, -0.15) is 5.10 Å². The standard InChI is InChI=1S/C18H28N6O/c1-21-6-4-19-18(21)14-24-5-3-16(23-7-9-25-10-8-23)17(24)11-15-12-20-22(2)13-15/h4,6,12-13,16-17H,3,5,7-11,14H2,1-2H3/t16-,17+/m0/s1. The Hall–Kier alpha value is -1.70. The molecule has 0 spiro atoms. The number of rotatable bonds is 5. The van der Waals surface area contributed by atoms with Crippen molar-refractivity contribution in [3.8, 4) is 0 Å². The van der Waals surface area contributed by atoms with E-state index in [2.05, 4.69) is 37.7 Å². The summed E-state index contributed by atoms with van der Waals surface area (Å²) in [5, 5.41) is 4.36. The van der Waals surface area contributed by atoms with Gasteiger partial charge in [0.2, 0.25) is 0 Å². The Morgan fingerprint density at radius 3 is 2.72 bits per heavy atom. The lowest BCUT2D eigenvalue weighted by atomic mass is 10.00. The van der Waals surface area contributed by atoms with Crippen LogP contribution in [-0.4, -0.2) is 74.1 Å². The molecule has 2 aromatic heterocycles. The normalized spacial score (nSPS) is 25.7. The van der Waals surface area contributed by atoms with Crippen molar-refractivity contribution in [1.29, 1.82) is 0 Å². The molecular weight excluding hydrogens is 316 g/mol. The van der Waals surface area contributed by atoms with Gasteiger partial charge in [-0.25, -0.2) is 4.98 Å². The molecule has 0 radical (unpaired) electrons. The van der Waals surface area contributed by atoms with Crippen LogP contribution in [0.4, 0.5) is 0 Å². The summed E-state index contributed by atoms with van der Waals surface area (Å²) in [7, 11) is 4.07. The molecule has 2 atom stereocenters. The largest absolute Gasteiger partial charge is 0.379 e. The van der Waals surface area contributed by atoms with E-state index in [4.69, 9.17) is 4.74 Å². The average molecular weight is 344 g/mol. The maximum absolute atomic E-state index is 5.56. The smallest absolute Gasteiger partial charge is 0.122 e. The van der Waals surface area contributed by atoms with Crippen LogP contribution in [0, 0.1) is 0 Å². The molecule has 2 fully saturated rings. The molecule has 2 aromatic rings. The van der Waals surface area contributed by atoms with E-state index >= 15 is 0 Å². The summed E-state index contributed by atoms with van der Waals surface area (Å²) < 4.78 is 9.59. The number of aryl methyl sites for hydroxylation is 2. The van der Waals surface area contributed by atoms with Crippen LogP contribution in [0.2, 0.25) is 0 Å². The summed E-state index contributed by atoms with van der Waals surface area (Å²) in [5.41, 5.74) is 1.32. The molecule has 2 aliphatic heterocycles. The van der Waals surface area contributed by atoms with Crippen molar-refractivity contribution in [3.63, 3.8) is 0 Å². The number of ether oxygens (including phenoxy) is 1. The number of hydrogen-bond acceptors (Lipinski definition) is 5. The summed E-state index contributed by atoms with van der Waals surface area (Å²) >= 11 is 0.